The van der Waals surface area contributed by atoms with Crippen molar-refractivity contribution in [3.63, 3.8) is 0 Å². The second-order valence-corrected chi connectivity index (χ2v) is 5.00. The number of hydrogen-bond donors (Lipinski definition) is 3. The number of anilines is 1. The first-order chi connectivity index (χ1) is 9.14. The lowest BCUT2D eigenvalue weighted by Crippen LogP contribution is -2.50. The number of nitrogens with one attached hydrogen (secondary N) is 1. The maximum absolute atomic E-state index is 10.6. The summed E-state index contributed by atoms with van der Waals surface area (Å²) in [7, 11) is 0. The van der Waals surface area contributed by atoms with Crippen LogP contribution < -0.4 is 11.1 Å². The minimum Gasteiger partial charge on any atom is -0.399 e. The Morgan fingerprint density at radius 2 is 2.00 bits per heavy atom. The zero-order valence-electron chi connectivity index (χ0n) is 11.3. The van der Waals surface area contributed by atoms with Crippen molar-refractivity contribution < 1.29 is 5.11 Å². The van der Waals surface area contributed by atoms with Gasteiger partial charge in [0.25, 0.3) is 0 Å². The van der Waals surface area contributed by atoms with E-state index in [1.165, 1.54) is 5.56 Å². The van der Waals surface area contributed by atoms with Crippen molar-refractivity contribution in [3.8, 4) is 0 Å². The standard InChI is InChI=1S/C16H22N2O/c1-2-14-5-3-4-11-16(14,19)18-12-10-13-6-8-15(17)9-7-13/h3-9,11,14,18-19H,2,10,12,17H2,1H3/t14-,16?/m1/s1. The first-order valence-electron chi connectivity index (χ1n) is 6.82. The van der Waals surface area contributed by atoms with Crippen LogP contribution in [0.25, 0.3) is 0 Å². The minimum absolute atomic E-state index is 0.129. The number of aliphatic hydroxyl groups is 1. The molecule has 0 saturated carbocycles. The van der Waals surface area contributed by atoms with Crippen molar-refractivity contribution in [2.24, 2.45) is 5.92 Å². The van der Waals surface area contributed by atoms with Crippen molar-refractivity contribution in [1.82, 2.24) is 5.32 Å². The lowest BCUT2D eigenvalue weighted by atomic mass is 9.89. The average Bonchev–Trinajstić information content (AvgIpc) is 2.41. The highest BCUT2D eigenvalue weighted by Gasteiger charge is 2.31. The van der Waals surface area contributed by atoms with Crippen LogP contribution in [0.5, 0.6) is 0 Å². The number of nitrogens with two attached hydrogens (primary N) is 1. The van der Waals surface area contributed by atoms with Gasteiger partial charge in [-0.25, -0.2) is 0 Å². The molecule has 102 valence electrons. The van der Waals surface area contributed by atoms with E-state index in [2.05, 4.69) is 18.3 Å². The van der Waals surface area contributed by atoms with Crippen molar-refractivity contribution in [1.29, 1.82) is 0 Å². The number of benzene rings is 1. The highest BCUT2D eigenvalue weighted by molar-refractivity contribution is 5.39. The molecule has 0 saturated heterocycles. The summed E-state index contributed by atoms with van der Waals surface area (Å²) < 4.78 is 0. The molecule has 0 aromatic heterocycles. The van der Waals surface area contributed by atoms with Gasteiger partial charge in [-0.2, -0.15) is 0 Å². The van der Waals surface area contributed by atoms with Crippen LogP contribution in [0, 0.1) is 5.92 Å². The molecule has 0 fully saturated rings. The fraction of sp³-hybridized carbons (Fsp3) is 0.375. The van der Waals surface area contributed by atoms with Gasteiger partial charge < -0.3 is 10.8 Å². The fourth-order valence-corrected chi connectivity index (χ4v) is 2.40. The van der Waals surface area contributed by atoms with Gasteiger partial charge in [0.2, 0.25) is 0 Å². The van der Waals surface area contributed by atoms with Gasteiger partial charge in [0.15, 0.2) is 0 Å². The molecule has 3 nitrogen and oxygen atoms in total. The second kappa shape index (κ2) is 6.04. The van der Waals surface area contributed by atoms with E-state index in [-0.39, 0.29) is 5.92 Å². The highest BCUT2D eigenvalue weighted by atomic mass is 16.3. The van der Waals surface area contributed by atoms with Gasteiger partial charge in [-0.15, -0.1) is 0 Å². The third kappa shape index (κ3) is 3.46. The zero-order valence-corrected chi connectivity index (χ0v) is 11.3. The predicted octanol–water partition coefficient (Wildman–Crippen LogP) is 2.24. The summed E-state index contributed by atoms with van der Waals surface area (Å²) in [5.74, 6) is 0.129. The molecule has 0 bridgehead atoms. The Bertz CT molecular complexity index is 464. The minimum atomic E-state index is -0.919. The van der Waals surface area contributed by atoms with E-state index in [9.17, 15) is 5.11 Å². The number of hydrogen-bond acceptors (Lipinski definition) is 3. The Kier molecular flexibility index (Phi) is 4.40. The Hall–Kier alpha value is -1.58. The molecule has 0 heterocycles. The summed E-state index contributed by atoms with van der Waals surface area (Å²) in [6.45, 7) is 2.82. The van der Waals surface area contributed by atoms with Crippen molar-refractivity contribution in [2.75, 3.05) is 12.3 Å². The van der Waals surface area contributed by atoms with Gasteiger partial charge in [-0.1, -0.05) is 37.3 Å². The van der Waals surface area contributed by atoms with Crippen LogP contribution in [0.1, 0.15) is 18.9 Å². The van der Waals surface area contributed by atoms with Crippen LogP contribution in [0.3, 0.4) is 0 Å². The third-order valence-corrected chi connectivity index (χ3v) is 3.61. The topological polar surface area (TPSA) is 58.3 Å². The normalized spacial score (nSPS) is 25.7. The van der Waals surface area contributed by atoms with E-state index in [0.29, 0.717) is 0 Å². The summed E-state index contributed by atoms with van der Waals surface area (Å²) in [6, 6.07) is 7.86. The molecular weight excluding hydrogens is 236 g/mol. The molecule has 2 rings (SSSR count). The number of rotatable bonds is 5. The smallest absolute Gasteiger partial charge is 0.141 e. The summed E-state index contributed by atoms with van der Waals surface area (Å²) in [5.41, 5.74) is 6.73. The highest BCUT2D eigenvalue weighted by Crippen LogP contribution is 2.24. The molecule has 1 aliphatic rings. The predicted molar refractivity (Wildman–Crippen MR) is 79.6 cm³/mol. The van der Waals surface area contributed by atoms with Gasteiger partial charge in [0, 0.05) is 18.2 Å². The van der Waals surface area contributed by atoms with Gasteiger partial charge in [-0.3, -0.25) is 5.32 Å². The van der Waals surface area contributed by atoms with Crippen molar-refractivity contribution in [3.05, 3.63) is 54.1 Å². The molecule has 1 aromatic carbocycles. The third-order valence-electron chi connectivity index (χ3n) is 3.61. The van der Waals surface area contributed by atoms with E-state index in [4.69, 9.17) is 5.73 Å². The van der Waals surface area contributed by atoms with Crippen LogP contribution in [-0.4, -0.2) is 17.4 Å². The Labute approximate surface area is 114 Å². The lowest BCUT2D eigenvalue weighted by Gasteiger charge is -2.34. The number of allylic oxidation sites excluding steroid dienone is 2. The zero-order chi connectivity index (χ0) is 13.7. The molecule has 0 radical (unpaired) electrons. The van der Waals surface area contributed by atoms with Crippen LogP contribution >= 0.6 is 0 Å². The Balaban J connectivity index is 1.89. The SMILES string of the molecule is CC[C@@H]1C=CC=CC1(O)NCCc1ccc(N)cc1. The summed E-state index contributed by atoms with van der Waals surface area (Å²) in [6.07, 6.45) is 9.55. The quantitative estimate of drug-likeness (QED) is 0.561. The Morgan fingerprint density at radius 1 is 1.26 bits per heavy atom. The summed E-state index contributed by atoms with van der Waals surface area (Å²) >= 11 is 0. The molecular formula is C16H22N2O. The van der Waals surface area contributed by atoms with E-state index in [0.717, 1.165) is 25.1 Å². The van der Waals surface area contributed by atoms with Crippen LogP contribution in [0.4, 0.5) is 5.69 Å². The molecule has 0 aliphatic heterocycles. The maximum atomic E-state index is 10.6. The summed E-state index contributed by atoms with van der Waals surface area (Å²) in [5, 5.41) is 13.8. The van der Waals surface area contributed by atoms with Gasteiger partial charge >= 0.3 is 0 Å². The monoisotopic (exact) mass is 258 g/mol. The number of nitrogen functional groups attached to an aromatic ring is 1. The molecule has 2 atom stereocenters. The van der Waals surface area contributed by atoms with Crippen LogP contribution in [-0.2, 0) is 6.42 Å². The molecule has 0 amide bonds. The van der Waals surface area contributed by atoms with E-state index < -0.39 is 5.72 Å². The van der Waals surface area contributed by atoms with Crippen LogP contribution in [0.2, 0.25) is 0 Å². The maximum Gasteiger partial charge on any atom is 0.141 e. The van der Waals surface area contributed by atoms with Gasteiger partial charge in [-0.05, 0) is 36.6 Å². The first-order valence-corrected chi connectivity index (χ1v) is 6.82. The average molecular weight is 258 g/mol. The van der Waals surface area contributed by atoms with E-state index >= 15 is 0 Å². The lowest BCUT2D eigenvalue weighted by molar-refractivity contribution is 0.0116. The molecule has 0 spiro atoms. The van der Waals surface area contributed by atoms with Crippen LogP contribution in [0.15, 0.2) is 48.6 Å². The van der Waals surface area contributed by atoms with Crippen molar-refractivity contribution in [2.45, 2.75) is 25.5 Å². The molecule has 19 heavy (non-hydrogen) atoms. The second-order valence-electron chi connectivity index (χ2n) is 5.00. The molecule has 1 aliphatic carbocycles. The molecule has 4 N–H and O–H groups in total. The summed E-state index contributed by atoms with van der Waals surface area (Å²) in [4.78, 5) is 0. The fourth-order valence-electron chi connectivity index (χ4n) is 2.40. The Morgan fingerprint density at radius 3 is 2.68 bits per heavy atom. The van der Waals surface area contributed by atoms with Crippen molar-refractivity contribution >= 4 is 5.69 Å². The van der Waals surface area contributed by atoms with Gasteiger partial charge in [0.05, 0.1) is 0 Å². The molecule has 1 aromatic rings. The first kappa shape index (κ1) is 13.8. The largest absolute Gasteiger partial charge is 0.399 e. The van der Waals surface area contributed by atoms with E-state index in [1.54, 1.807) is 0 Å². The molecule has 1 unspecified atom stereocenters. The molecule has 3 heteroatoms. The van der Waals surface area contributed by atoms with E-state index in [1.807, 2.05) is 42.5 Å². The van der Waals surface area contributed by atoms with Gasteiger partial charge in [0.1, 0.15) is 5.72 Å².